The molecule has 4 nitrogen and oxygen atoms in total. The summed E-state index contributed by atoms with van der Waals surface area (Å²) in [7, 11) is 0. The monoisotopic (exact) mass is 390 g/mol. The summed E-state index contributed by atoms with van der Waals surface area (Å²) in [4.78, 5) is 12.3. The molecule has 1 saturated carbocycles. The van der Waals surface area contributed by atoms with Crippen LogP contribution in [0.25, 0.3) is 10.9 Å². The second kappa shape index (κ2) is 8.39. The number of hydrogen-bond acceptors (Lipinski definition) is 3. The lowest BCUT2D eigenvalue weighted by Gasteiger charge is -2.24. The zero-order chi connectivity index (χ0) is 18.0. The number of alkyl halides is 3. The van der Waals surface area contributed by atoms with Gasteiger partial charge in [0.05, 0.1) is 12.1 Å². The Kier molecular flexibility index (Phi) is 6.69. The molecule has 144 valence electrons. The number of fused-ring (bicyclic) bond motifs is 1. The molecule has 0 amide bonds. The van der Waals surface area contributed by atoms with Crippen LogP contribution in [0.5, 0.6) is 0 Å². The lowest BCUT2D eigenvalue weighted by molar-refractivity contribution is -0.324. The van der Waals surface area contributed by atoms with Crippen LogP contribution in [0.4, 0.5) is 13.2 Å². The van der Waals surface area contributed by atoms with Crippen LogP contribution in [-0.2, 0) is 11.3 Å². The summed E-state index contributed by atoms with van der Waals surface area (Å²) in [6.07, 6.45) is 1.13. The Morgan fingerprint density at radius 1 is 1.35 bits per heavy atom. The maximum atomic E-state index is 12.3. The molecule has 1 aliphatic rings. The minimum Gasteiger partial charge on any atom is -0.294 e. The molecule has 0 N–H and O–H groups in total. The average Bonchev–Trinajstić information content (AvgIpc) is 2.90. The second-order valence-electron chi connectivity index (χ2n) is 6.64. The number of aromatic nitrogens is 2. The van der Waals surface area contributed by atoms with Gasteiger partial charge in [-0.25, -0.2) is 0 Å². The molecule has 1 aliphatic carbocycles. The van der Waals surface area contributed by atoms with E-state index in [1.54, 1.807) is 12.1 Å². The molecule has 0 unspecified atom stereocenters. The van der Waals surface area contributed by atoms with Crippen LogP contribution in [0.1, 0.15) is 48.0 Å². The Bertz CT molecular complexity index is 770. The predicted octanol–water partition coefficient (Wildman–Crippen LogP) is 5.07. The molecule has 1 aromatic heterocycles. The molecule has 3 rings (SSSR count). The molecule has 0 bridgehead atoms. The molecule has 2 aromatic rings. The number of aryl methyl sites for hydroxylation is 1. The number of ketones is 1. The van der Waals surface area contributed by atoms with Crippen molar-refractivity contribution in [1.29, 1.82) is 0 Å². The van der Waals surface area contributed by atoms with E-state index in [1.165, 1.54) is 19.3 Å². The molecule has 1 fully saturated rings. The summed E-state index contributed by atoms with van der Waals surface area (Å²) in [5.41, 5.74) is 2.22. The third-order valence-corrected chi connectivity index (χ3v) is 4.79. The highest BCUT2D eigenvalue weighted by molar-refractivity contribution is 6.01. The van der Waals surface area contributed by atoms with Gasteiger partial charge in [0.15, 0.2) is 5.78 Å². The van der Waals surface area contributed by atoms with Gasteiger partial charge < -0.3 is 0 Å². The van der Waals surface area contributed by atoms with Crippen LogP contribution in [-0.4, -0.2) is 28.5 Å². The molecule has 1 aromatic carbocycles. The maximum absolute atomic E-state index is 12.3. The van der Waals surface area contributed by atoms with Gasteiger partial charge in [-0.05, 0) is 49.8 Å². The van der Waals surface area contributed by atoms with Crippen LogP contribution < -0.4 is 0 Å². The molecule has 0 radical (unpaired) electrons. The minimum absolute atomic E-state index is 0. The quantitative estimate of drug-likeness (QED) is 0.490. The number of Topliss-reactive ketones (excluding diaryl/α,β-unsaturated/α-hetero) is 1. The number of ether oxygens (including phenoxy) is 1. The van der Waals surface area contributed by atoms with Crippen molar-refractivity contribution in [3.05, 3.63) is 29.5 Å². The van der Waals surface area contributed by atoms with Crippen LogP contribution in [0.15, 0.2) is 18.3 Å². The van der Waals surface area contributed by atoms with Crippen LogP contribution >= 0.6 is 12.4 Å². The Labute approximate surface area is 156 Å². The van der Waals surface area contributed by atoms with Crippen molar-refractivity contribution in [2.24, 2.45) is 5.92 Å². The van der Waals surface area contributed by atoms with Crippen molar-refractivity contribution < 1.29 is 22.7 Å². The third kappa shape index (κ3) is 4.98. The number of hydrogen-bond donors (Lipinski definition) is 0. The van der Waals surface area contributed by atoms with Crippen molar-refractivity contribution in [3.63, 3.8) is 0 Å². The summed E-state index contributed by atoms with van der Waals surface area (Å²) in [5.74, 6) is 0.515. The summed E-state index contributed by atoms with van der Waals surface area (Å²) in [5, 5.41) is 5.49. The van der Waals surface area contributed by atoms with Crippen molar-refractivity contribution in [2.75, 3.05) is 6.61 Å². The van der Waals surface area contributed by atoms with Gasteiger partial charge in [-0.3, -0.25) is 14.2 Å². The largest absolute Gasteiger partial charge is 0.522 e. The van der Waals surface area contributed by atoms with Crippen molar-refractivity contribution >= 4 is 29.1 Å². The highest BCUT2D eigenvalue weighted by Gasteiger charge is 2.28. The van der Waals surface area contributed by atoms with Crippen molar-refractivity contribution in [1.82, 2.24) is 9.78 Å². The van der Waals surface area contributed by atoms with E-state index in [0.717, 1.165) is 23.0 Å². The highest BCUT2D eigenvalue weighted by Crippen LogP contribution is 2.29. The van der Waals surface area contributed by atoms with E-state index in [-0.39, 0.29) is 31.0 Å². The topological polar surface area (TPSA) is 44.1 Å². The normalized spacial score (nSPS) is 14.9. The molecule has 0 atom stereocenters. The fraction of sp³-hybridized carbons (Fsp3) is 0.556. The Balaban J connectivity index is 0.00000243. The van der Waals surface area contributed by atoms with E-state index < -0.39 is 13.0 Å². The van der Waals surface area contributed by atoms with Gasteiger partial charge in [0.25, 0.3) is 0 Å². The number of benzene rings is 1. The fourth-order valence-corrected chi connectivity index (χ4v) is 3.17. The average molecular weight is 391 g/mol. The van der Waals surface area contributed by atoms with Gasteiger partial charge in [0.1, 0.15) is 0 Å². The van der Waals surface area contributed by atoms with E-state index in [4.69, 9.17) is 0 Å². The lowest BCUT2D eigenvalue weighted by Crippen LogP contribution is -2.18. The Morgan fingerprint density at radius 3 is 2.69 bits per heavy atom. The van der Waals surface area contributed by atoms with E-state index in [9.17, 15) is 18.0 Å². The first-order valence-electron chi connectivity index (χ1n) is 8.54. The van der Waals surface area contributed by atoms with Gasteiger partial charge >= 0.3 is 6.36 Å². The standard InChI is InChI=1S/C18H21F3N2O2.ClH/c1-12-14(17(24)6-3-9-25-18(19,20)21)7-8-16-15(12)11-23(22-16)10-13-4-2-5-13;/h7-8,11,13H,2-6,9-10H2,1H3;1H. The van der Waals surface area contributed by atoms with Gasteiger partial charge in [-0.1, -0.05) is 6.42 Å². The summed E-state index contributed by atoms with van der Waals surface area (Å²) in [6, 6.07) is 3.52. The van der Waals surface area contributed by atoms with Crippen molar-refractivity contribution in [2.45, 2.75) is 51.9 Å². The molecule has 0 aliphatic heterocycles. The van der Waals surface area contributed by atoms with Gasteiger partial charge in [-0.15, -0.1) is 25.6 Å². The zero-order valence-corrected chi connectivity index (χ0v) is 15.3. The van der Waals surface area contributed by atoms with Crippen LogP contribution in [0.3, 0.4) is 0 Å². The van der Waals surface area contributed by atoms with Gasteiger partial charge in [-0.2, -0.15) is 5.10 Å². The van der Waals surface area contributed by atoms with E-state index in [1.807, 2.05) is 17.8 Å². The summed E-state index contributed by atoms with van der Waals surface area (Å²) < 4.78 is 41.5. The smallest absolute Gasteiger partial charge is 0.294 e. The lowest BCUT2D eigenvalue weighted by atomic mass is 9.85. The van der Waals surface area contributed by atoms with E-state index in [2.05, 4.69) is 9.84 Å². The number of carbonyl (C=O) groups excluding carboxylic acids is 1. The molecule has 8 heteroatoms. The maximum Gasteiger partial charge on any atom is 0.522 e. The first-order valence-corrected chi connectivity index (χ1v) is 8.54. The molecule has 0 saturated heterocycles. The minimum atomic E-state index is -4.65. The third-order valence-electron chi connectivity index (χ3n) is 4.79. The Morgan fingerprint density at radius 2 is 2.08 bits per heavy atom. The highest BCUT2D eigenvalue weighted by atomic mass is 35.5. The first-order chi connectivity index (χ1) is 11.8. The fourth-order valence-electron chi connectivity index (χ4n) is 3.17. The molecular formula is C18H22ClF3N2O2. The predicted molar refractivity (Wildman–Crippen MR) is 94.6 cm³/mol. The molecule has 1 heterocycles. The van der Waals surface area contributed by atoms with Gasteiger partial charge in [0, 0.05) is 30.1 Å². The number of rotatable bonds is 7. The number of carbonyl (C=O) groups is 1. The van der Waals surface area contributed by atoms with E-state index >= 15 is 0 Å². The number of nitrogens with zero attached hydrogens (tertiary/aromatic N) is 2. The molecule has 26 heavy (non-hydrogen) atoms. The Hall–Kier alpha value is -1.60. The van der Waals surface area contributed by atoms with E-state index in [0.29, 0.717) is 11.5 Å². The van der Waals surface area contributed by atoms with Crippen LogP contribution in [0.2, 0.25) is 0 Å². The molecular weight excluding hydrogens is 369 g/mol. The zero-order valence-electron chi connectivity index (χ0n) is 14.5. The molecule has 0 spiro atoms. The van der Waals surface area contributed by atoms with Crippen LogP contribution in [0, 0.1) is 12.8 Å². The number of halogens is 4. The first kappa shape index (κ1) is 20.7. The van der Waals surface area contributed by atoms with Gasteiger partial charge in [0.2, 0.25) is 0 Å². The second-order valence-corrected chi connectivity index (χ2v) is 6.64. The SMILES string of the molecule is Cc1c(C(=O)CCCOC(F)(F)F)ccc2nn(CC3CCC3)cc12.Cl. The summed E-state index contributed by atoms with van der Waals surface area (Å²) >= 11 is 0. The summed E-state index contributed by atoms with van der Waals surface area (Å²) in [6.45, 7) is 2.25. The van der Waals surface area contributed by atoms with Crippen molar-refractivity contribution in [3.8, 4) is 0 Å².